The first kappa shape index (κ1) is 16.6. The minimum absolute atomic E-state index is 0.421. The SMILES string of the molecule is Cc1ccccc1-c1c(Cl)nc(CSCC(C)C)nc1Cl. The molecule has 2 aromatic rings. The molecule has 1 aromatic heterocycles. The van der Waals surface area contributed by atoms with E-state index in [1.165, 1.54) is 0 Å². The fourth-order valence-corrected chi connectivity index (χ4v) is 3.50. The topological polar surface area (TPSA) is 25.8 Å². The summed E-state index contributed by atoms with van der Waals surface area (Å²) >= 11 is 14.5. The summed E-state index contributed by atoms with van der Waals surface area (Å²) in [5.74, 6) is 3.13. The Morgan fingerprint density at radius 1 is 1.10 bits per heavy atom. The van der Waals surface area contributed by atoms with Crippen molar-refractivity contribution in [1.29, 1.82) is 0 Å². The van der Waals surface area contributed by atoms with Gasteiger partial charge in [0.05, 0.1) is 11.3 Å². The number of benzene rings is 1. The molecule has 0 unspecified atom stereocenters. The van der Waals surface area contributed by atoms with Gasteiger partial charge in [0, 0.05) is 0 Å². The predicted molar refractivity (Wildman–Crippen MR) is 93.2 cm³/mol. The van der Waals surface area contributed by atoms with Gasteiger partial charge in [-0.1, -0.05) is 61.3 Å². The van der Waals surface area contributed by atoms with Crippen LogP contribution >= 0.6 is 35.0 Å². The van der Waals surface area contributed by atoms with Gasteiger partial charge in [-0.3, -0.25) is 0 Å². The Bertz CT molecular complexity index is 606. The number of hydrogen-bond donors (Lipinski definition) is 0. The van der Waals surface area contributed by atoms with Crippen molar-refractivity contribution < 1.29 is 0 Å². The molecule has 0 saturated heterocycles. The highest BCUT2D eigenvalue weighted by atomic mass is 35.5. The third-order valence-corrected chi connectivity index (χ3v) is 4.88. The summed E-state index contributed by atoms with van der Waals surface area (Å²) in [5, 5.41) is 0.842. The number of thioether (sulfide) groups is 1. The molecular formula is C16H18Cl2N2S. The predicted octanol–water partition coefficient (Wildman–Crippen LogP) is 5.65. The Morgan fingerprint density at radius 2 is 1.71 bits per heavy atom. The molecule has 0 aliphatic rings. The lowest BCUT2D eigenvalue weighted by molar-refractivity contribution is 0.750. The van der Waals surface area contributed by atoms with E-state index in [0.717, 1.165) is 22.6 Å². The van der Waals surface area contributed by atoms with Gasteiger partial charge in [0.25, 0.3) is 0 Å². The van der Waals surface area contributed by atoms with E-state index in [9.17, 15) is 0 Å². The van der Waals surface area contributed by atoms with Gasteiger partial charge in [0.1, 0.15) is 16.1 Å². The molecular weight excluding hydrogens is 323 g/mol. The molecule has 0 amide bonds. The van der Waals surface area contributed by atoms with E-state index in [-0.39, 0.29) is 0 Å². The number of aromatic nitrogens is 2. The quantitative estimate of drug-likeness (QED) is 0.658. The van der Waals surface area contributed by atoms with Crippen LogP contribution in [0.4, 0.5) is 0 Å². The number of aryl methyl sites for hydroxylation is 1. The lowest BCUT2D eigenvalue weighted by Crippen LogP contribution is -1.99. The van der Waals surface area contributed by atoms with Gasteiger partial charge in [-0.25, -0.2) is 9.97 Å². The van der Waals surface area contributed by atoms with E-state index in [4.69, 9.17) is 23.2 Å². The lowest BCUT2D eigenvalue weighted by Gasteiger charge is -2.11. The highest BCUT2D eigenvalue weighted by molar-refractivity contribution is 7.98. The third-order valence-electron chi connectivity index (χ3n) is 2.96. The highest BCUT2D eigenvalue weighted by Gasteiger charge is 2.15. The summed E-state index contributed by atoms with van der Waals surface area (Å²) < 4.78 is 0. The van der Waals surface area contributed by atoms with Crippen LogP contribution in [-0.4, -0.2) is 15.7 Å². The van der Waals surface area contributed by atoms with E-state index in [0.29, 0.717) is 27.6 Å². The van der Waals surface area contributed by atoms with Crippen molar-refractivity contribution in [1.82, 2.24) is 9.97 Å². The molecule has 112 valence electrons. The van der Waals surface area contributed by atoms with E-state index >= 15 is 0 Å². The maximum Gasteiger partial charge on any atom is 0.142 e. The molecule has 0 spiro atoms. The second kappa shape index (κ2) is 7.48. The normalized spacial score (nSPS) is 11.1. The molecule has 2 nitrogen and oxygen atoms in total. The summed E-state index contributed by atoms with van der Waals surface area (Å²) in [6.45, 7) is 6.40. The second-order valence-electron chi connectivity index (χ2n) is 5.32. The van der Waals surface area contributed by atoms with Crippen LogP contribution in [0, 0.1) is 12.8 Å². The Morgan fingerprint density at radius 3 is 2.29 bits per heavy atom. The van der Waals surface area contributed by atoms with Crippen LogP contribution in [0.25, 0.3) is 11.1 Å². The number of nitrogens with zero attached hydrogens (tertiary/aromatic N) is 2. The minimum Gasteiger partial charge on any atom is -0.220 e. The first-order chi connectivity index (χ1) is 9.99. The van der Waals surface area contributed by atoms with Crippen molar-refractivity contribution >= 4 is 35.0 Å². The standard InChI is InChI=1S/C16H18Cl2N2S/c1-10(2)8-21-9-13-19-15(17)14(16(18)20-13)12-7-5-4-6-11(12)3/h4-7,10H,8-9H2,1-3H3. The van der Waals surface area contributed by atoms with Crippen LogP contribution in [0.15, 0.2) is 24.3 Å². The van der Waals surface area contributed by atoms with Crippen LogP contribution in [0.2, 0.25) is 10.3 Å². The average molecular weight is 341 g/mol. The van der Waals surface area contributed by atoms with E-state index in [1.807, 2.05) is 31.2 Å². The second-order valence-corrected chi connectivity index (χ2v) is 7.07. The van der Waals surface area contributed by atoms with Gasteiger partial charge in [-0.2, -0.15) is 11.8 Å². The molecule has 0 bridgehead atoms. The zero-order valence-corrected chi connectivity index (χ0v) is 14.7. The Balaban J connectivity index is 2.28. The van der Waals surface area contributed by atoms with Crippen molar-refractivity contribution in [2.45, 2.75) is 26.5 Å². The van der Waals surface area contributed by atoms with Crippen LogP contribution < -0.4 is 0 Å². The maximum absolute atomic E-state index is 6.34. The van der Waals surface area contributed by atoms with Crippen molar-refractivity contribution in [3.05, 3.63) is 46.0 Å². The van der Waals surface area contributed by atoms with Crippen molar-refractivity contribution in [2.75, 3.05) is 5.75 Å². The Hall–Kier alpha value is -0.770. The largest absolute Gasteiger partial charge is 0.220 e. The molecule has 2 rings (SSSR count). The molecule has 0 fully saturated rings. The number of halogens is 2. The van der Waals surface area contributed by atoms with E-state index in [2.05, 4.69) is 23.8 Å². The molecule has 0 aliphatic heterocycles. The van der Waals surface area contributed by atoms with Gasteiger partial charge in [0.2, 0.25) is 0 Å². The third kappa shape index (κ3) is 4.35. The summed E-state index contributed by atoms with van der Waals surface area (Å²) in [5.41, 5.74) is 2.80. The number of hydrogen-bond acceptors (Lipinski definition) is 3. The molecule has 0 radical (unpaired) electrons. The lowest BCUT2D eigenvalue weighted by atomic mass is 10.0. The number of rotatable bonds is 5. The van der Waals surface area contributed by atoms with Gasteiger partial charge >= 0.3 is 0 Å². The molecule has 5 heteroatoms. The smallest absolute Gasteiger partial charge is 0.142 e. The summed E-state index contributed by atoms with van der Waals surface area (Å²) in [7, 11) is 0. The molecule has 21 heavy (non-hydrogen) atoms. The fraction of sp³-hybridized carbons (Fsp3) is 0.375. The molecule has 0 saturated carbocycles. The monoisotopic (exact) mass is 340 g/mol. The van der Waals surface area contributed by atoms with Crippen LogP contribution in [0.5, 0.6) is 0 Å². The van der Waals surface area contributed by atoms with Crippen molar-refractivity contribution in [3.63, 3.8) is 0 Å². The van der Waals surface area contributed by atoms with Crippen molar-refractivity contribution in [3.8, 4) is 11.1 Å². The van der Waals surface area contributed by atoms with E-state index in [1.54, 1.807) is 11.8 Å². The first-order valence-electron chi connectivity index (χ1n) is 6.84. The minimum atomic E-state index is 0.421. The van der Waals surface area contributed by atoms with Gasteiger partial charge in [-0.15, -0.1) is 0 Å². The Kier molecular flexibility index (Phi) is 5.91. The zero-order chi connectivity index (χ0) is 15.4. The van der Waals surface area contributed by atoms with E-state index < -0.39 is 0 Å². The molecule has 0 N–H and O–H groups in total. The highest BCUT2D eigenvalue weighted by Crippen LogP contribution is 2.34. The maximum atomic E-state index is 6.34. The summed E-state index contributed by atoms with van der Waals surface area (Å²) in [6, 6.07) is 7.95. The van der Waals surface area contributed by atoms with Crippen LogP contribution in [0.1, 0.15) is 25.2 Å². The zero-order valence-electron chi connectivity index (χ0n) is 12.4. The summed E-state index contributed by atoms with van der Waals surface area (Å²) in [6.07, 6.45) is 0. The molecule has 0 atom stereocenters. The van der Waals surface area contributed by atoms with Gasteiger partial charge in [0.15, 0.2) is 0 Å². The molecule has 0 aliphatic carbocycles. The molecule has 1 heterocycles. The summed E-state index contributed by atoms with van der Waals surface area (Å²) in [4.78, 5) is 8.79. The van der Waals surface area contributed by atoms with Crippen molar-refractivity contribution in [2.24, 2.45) is 5.92 Å². The Labute approximate surface area is 140 Å². The first-order valence-corrected chi connectivity index (χ1v) is 8.75. The van der Waals surface area contributed by atoms with Gasteiger partial charge < -0.3 is 0 Å². The average Bonchev–Trinajstić information content (AvgIpc) is 2.39. The fourth-order valence-electron chi connectivity index (χ4n) is 1.97. The van der Waals surface area contributed by atoms with Crippen LogP contribution in [0.3, 0.4) is 0 Å². The van der Waals surface area contributed by atoms with Crippen LogP contribution in [-0.2, 0) is 5.75 Å². The molecule has 1 aromatic carbocycles. The van der Waals surface area contributed by atoms with Gasteiger partial charge in [-0.05, 0) is 29.7 Å².